The Balaban J connectivity index is 2.25. The van der Waals surface area contributed by atoms with Crippen LogP contribution in [-0.2, 0) is 13.5 Å². The topological polar surface area (TPSA) is 17.8 Å². The molecule has 0 spiro atoms. The minimum Gasteiger partial charge on any atom is -0.272 e. The molecule has 0 N–H and O–H groups in total. The fraction of sp³-hybridized carbons (Fsp3) is 0.400. The number of aryl methyl sites for hydroxylation is 3. The Morgan fingerprint density at radius 1 is 1.28 bits per heavy atom. The van der Waals surface area contributed by atoms with E-state index in [2.05, 4.69) is 42.4 Å². The zero-order chi connectivity index (χ0) is 13.1. The van der Waals surface area contributed by atoms with Gasteiger partial charge in [-0.05, 0) is 37.5 Å². The number of hydrogen-bond donors (Lipinski definition) is 0. The van der Waals surface area contributed by atoms with Crippen LogP contribution in [-0.4, -0.2) is 15.7 Å². The summed E-state index contributed by atoms with van der Waals surface area (Å²) < 4.78 is 1.95. The molecule has 2 rings (SSSR count). The van der Waals surface area contributed by atoms with Gasteiger partial charge in [0.1, 0.15) is 0 Å². The molecule has 0 aliphatic carbocycles. The highest BCUT2D eigenvalue weighted by Gasteiger charge is 2.15. The molecular weight excluding hydrogens is 244 g/mol. The van der Waals surface area contributed by atoms with Gasteiger partial charge in [-0.1, -0.05) is 24.3 Å². The van der Waals surface area contributed by atoms with Crippen molar-refractivity contribution in [3.8, 4) is 0 Å². The first kappa shape index (κ1) is 13.2. The predicted octanol–water partition coefficient (Wildman–Crippen LogP) is 3.60. The van der Waals surface area contributed by atoms with Gasteiger partial charge in [0.2, 0.25) is 0 Å². The molecule has 3 heteroatoms. The summed E-state index contributed by atoms with van der Waals surface area (Å²) in [6.07, 6.45) is 0.936. The third-order valence-corrected chi connectivity index (χ3v) is 3.74. The van der Waals surface area contributed by atoms with Crippen molar-refractivity contribution in [2.45, 2.75) is 26.2 Å². The van der Waals surface area contributed by atoms with Crippen molar-refractivity contribution in [1.82, 2.24) is 9.78 Å². The van der Waals surface area contributed by atoms with Crippen LogP contribution in [0.3, 0.4) is 0 Å². The van der Waals surface area contributed by atoms with Gasteiger partial charge >= 0.3 is 0 Å². The van der Waals surface area contributed by atoms with Gasteiger partial charge in [0.25, 0.3) is 0 Å². The Labute approximate surface area is 114 Å². The summed E-state index contributed by atoms with van der Waals surface area (Å²) in [6.45, 7) is 4.16. The quantitative estimate of drug-likeness (QED) is 0.770. The first-order chi connectivity index (χ1) is 8.61. The SMILES string of the molecule is Cc1cc(CC(CCl)c2ccccc2C)n(C)n1. The summed E-state index contributed by atoms with van der Waals surface area (Å²) in [5, 5.41) is 4.39. The fourth-order valence-corrected chi connectivity index (χ4v) is 2.68. The van der Waals surface area contributed by atoms with Crippen molar-refractivity contribution in [2.24, 2.45) is 7.05 Å². The highest BCUT2D eigenvalue weighted by molar-refractivity contribution is 6.18. The molecule has 0 amide bonds. The number of alkyl halides is 1. The van der Waals surface area contributed by atoms with Gasteiger partial charge in [-0.15, -0.1) is 11.6 Å². The molecule has 1 unspecified atom stereocenters. The second-order valence-corrected chi connectivity index (χ2v) is 5.12. The minimum atomic E-state index is 0.350. The molecule has 1 aromatic carbocycles. The number of rotatable bonds is 4. The van der Waals surface area contributed by atoms with E-state index < -0.39 is 0 Å². The van der Waals surface area contributed by atoms with Crippen molar-refractivity contribution in [2.75, 3.05) is 5.88 Å². The van der Waals surface area contributed by atoms with Gasteiger partial charge in [0.15, 0.2) is 0 Å². The van der Waals surface area contributed by atoms with Gasteiger partial charge in [0.05, 0.1) is 5.69 Å². The van der Waals surface area contributed by atoms with Gasteiger partial charge in [-0.3, -0.25) is 4.68 Å². The number of hydrogen-bond acceptors (Lipinski definition) is 1. The lowest BCUT2D eigenvalue weighted by Gasteiger charge is -2.16. The Kier molecular flexibility index (Phi) is 4.07. The van der Waals surface area contributed by atoms with Crippen molar-refractivity contribution >= 4 is 11.6 Å². The molecule has 0 aliphatic rings. The van der Waals surface area contributed by atoms with E-state index >= 15 is 0 Å². The van der Waals surface area contributed by atoms with E-state index in [-0.39, 0.29) is 0 Å². The van der Waals surface area contributed by atoms with Gasteiger partial charge in [-0.2, -0.15) is 5.10 Å². The van der Waals surface area contributed by atoms with Crippen molar-refractivity contribution in [3.63, 3.8) is 0 Å². The van der Waals surface area contributed by atoms with E-state index in [1.165, 1.54) is 16.8 Å². The molecule has 2 aromatic rings. The smallest absolute Gasteiger partial charge is 0.0596 e. The Morgan fingerprint density at radius 2 is 2.00 bits per heavy atom. The Morgan fingerprint density at radius 3 is 2.56 bits per heavy atom. The molecule has 0 saturated carbocycles. The molecule has 1 heterocycles. The average Bonchev–Trinajstić information content (AvgIpc) is 2.66. The van der Waals surface area contributed by atoms with E-state index in [9.17, 15) is 0 Å². The third-order valence-electron chi connectivity index (χ3n) is 3.37. The summed E-state index contributed by atoms with van der Waals surface area (Å²) >= 11 is 6.15. The normalized spacial score (nSPS) is 12.7. The van der Waals surface area contributed by atoms with Gasteiger partial charge < -0.3 is 0 Å². The summed E-state index contributed by atoms with van der Waals surface area (Å²) in [4.78, 5) is 0. The van der Waals surface area contributed by atoms with Crippen LogP contribution in [0, 0.1) is 13.8 Å². The molecule has 0 aliphatic heterocycles. The van der Waals surface area contributed by atoms with E-state index in [0.717, 1.165) is 12.1 Å². The standard InChI is InChI=1S/C15H19ClN2/c1-11-6-4-5-7-15(11)13(10-16)9-14-8-12(2)17-18(14)3/h4-8,13H,9-10H2,1-3H3. The largest absolute Gasteiger partial charge is 0.272 e. The lowest BCUT2D eigenvalue weighted by molar-refractivity contribution is 0.656. The highest BCUT2D eigenvalue weighted by Crippen LogP contribution is 2.25. The summed E-state index contributed by atoms with van der Waals surface area (Å²) in [7, 11) is 1.99. The van der Waals surface area contributed by atoms with Gasteiger partial charge in [-0.25, -0.2) is 0 Å². The van der Waals surface area contributed by atoms with E-state index in [1.807, 2.05) is 18.7 Å². The minimum absolute atomic E-state index is 0.350. The van der Waals surface area contributed by atoms with E-state index in [0.29, 0.717) is 11.8 Å². The first-order valence-corrected chi connectivity index (χ1v) is 6.76. The number of nitrogens with zero attached hydrogens (tertiary/aromatic N) is 2. The van der Waals surface area contributed by atoms with Crippen LogP contribution in [0.5, 0.6) is 0 Å². The van der Waals surface area contributed by atoms with Crippen LogP contribution in [0.15, 0.2) is 30.3 Å². The summed E-state index contributed by atoms with van der Waals surface area (Å²) in [5.74, 6) is 0.984. The summed E-state index contributed by atoms with van der Waals surface area (Å²) in [6, 6.07) is 10.6. The molecule has 2 nitrogen and oxygen atoms in total. The van der Waals surface area contributed by atoms with Crippen LogP contribution >= 0.6 is 11.6 Å². The number of aromatic nitrogens is 2. The maximum Gasteiger partial charge on any atom is 0.0596 e. The molecule has 0 radical (unpaired) electrons. The Hall–Kier alpha value is -1.28. The predicted molar refractivity (Wildman–Crippen MR) is 76.3 cm³/mol. The van der Waals surface area contributed by atoms with Crippen LogP contribution in [0.2, 0.25) is 0 Å². The second-order valence-electron chi connectivity index (χ2n) is 4.81. The van der Waals surface area contributed by atoms with Crippen molar-refractivity contribution < 1.29 is 0 Å². The zero-order valence-electron chi connectivity index (χ0n) is 11.2. The number of benzene rings is 1. The first-order valence-electron chi connectivity index (χ1n) is 6.23. The molecule has 0 saturated heterocycles. The van der Waals surface area contributed by atoms with Crippen molar-refractivity contribution in [1.29, 1.82) is 0 Å². The van der Waals surface area contributed by atoms with E-state index in [4.69, 9.17) is 11.6 Å². The molecule has 96 valence electrons. The van der Waals surface area contributed by atoms with Crippen LogP contribution in [0.1, 0.15) is 28.4 Å². The summed E-state index contributed by atoms with van der Waals surface area (Å²) in [5.41, 5.74) is 4.94. The Bertz CT molecular complexity index is 531. The molecule has 1 atom stereocenters. The second kappa shape index (κ2) is 5.57. The molecular formula is C15H19ClN2. The maximum absolute atomic E-state index is 6.15. The fourth-order valence-electron chi connectivity index (χ4n) is 2.40. The highest BCUT2D eigenvalue weighted by atomic mass is 35.5. The zero-order valence-corrected chi connectivity index (χ0v) is 11.9. The monoisotopic (exact) mass is 262 g/mol. The third kappa shape index (κ3) is 2.75. The van der Waals surface area contributed by atoms with Crippen LogP contribution in [0.25, 0.3) is 0 Å². The van der Waals surface area contributed by atoms with Crippen LogP contribution in [0.4, 0.5) is 0 Å². The van der Waals surface area contributed by atoms with Crippen LogP contribution < -0.4 is 0 Å². The molecule has 0 fully saturated rings. The van der Waals surface area contributed by atoms with Gasteiger partial charge in [0, 0.05) is 24.5 Å². The molecule has 0 bridgehead atoms. The average molecular weight is 263 g/mol. The van der Waals surface area contributed by atoms with E-state index in [1.54, 1.807) is 0 Å². The molecule has 18 heavy (non-hydrogen) atoms. The lowest BCUT2D eigenvalue weighted by atomic mass is 9.92. The van der Waals surface area contributed by atoms with Crippen molar-refractivity contribution in [3.05, 3.63) is 52.8 Å². The lowest BCUT2D eigenvalue weighted by Crippen LogP contribution is -2.09. The molecule has 1 aromatic heterocycles. The maximum atomic E-state index is 6.15. The number of halogens is 1.